The van der Waals surface area contributed by atoms with Gasteiger partial charge >= 0.3 is 11.9 Å². The van der Waals surface area contributed by atoms with Gasteiger partial charge in [-0.25, -0.2) is 4.79 Å². The number of ketones is 1. The number of hydrogen-bond donors (Lipinski definition) is 0. The first-order valence-corrected chi connectivity index (χ1v) is 17.5. The van der Waals surface area contributed by atoms with Crippen LogP contribution in [0.5, 0.6) is 0 Å². The number of benzene rings is 3. The van der Waals surface area contributed by atoms with Crippen LogP contribution >= 0.6 is 23.5 Å². The summed E-state index contributed by atoms with van der Waals surface area (Å²) >= 11 is 2.82. The molecule has 3 aromatic carbocycles. The highest BCUT2D eigenvalue weighted by Crippen LogP contribution is 2.43. The topological polar surface area (TPSA) is 97.4 Å². The van der Waals surface area contributed by atoms with Gasteiger partial charge in [0.25, 0.3) is 5.78 Å². The lowest BCUT2D eigenvalue weighted by Gasteiger charge is -2.48. The molecule has 2 aliphatic heterocycles. The molecule has 7 rings (SSSR count). The lowest BCUT2D eigenvalue weighted by atomic mass is 9.98. The van der Waals surface area contributed by atoms with E-state index >= 15 is 0 Å². The van der Waals surface area contributed by atoms with Crippen LogP contribution < -0.4 is 0 Å². The van der Waals surface area contributed by atoms with Crippen LogP contribution in [-0.4, -0.2) is 54.2 Å². The van der Waals surface area contributed by atoms with Crippen LogP contribution in [0.1, 0.15) is 29.1 Å². The minimum Gasteiger partial charge on any atom is -0.455 e. The second-order valence-corrected chi connectivity index (χ2v) is 13.8. The summed E-state index contributed by atoms with van der Waals surface area (Å²) in [5.74, 6) is -2.51. The fourth-order valence-corrected chi connectivity index (χ4v) is 8.10. The van der Waals surface area contributed by atoms with Crippen LogP contribution in [0.15, 0.2) is 142 Å². The Morgan fingerprint density at radius 2 is 1.31 bits per heavy atom. The van der Waals surface area contributed by atoms with Crippen LogP contribution in [0, 0.1) is 0 Å². The lowest BCUT2D eigenvalue weighted by molar-refractivity contribution is -0.320. The van der Waals surface area contributed by atoms with E-state index in [1.807, 2.05) is 121 Å². The molecular weight excluding hydrogens is 661 g/mol. The maximum absolute atomic E-state index is 14.1. The highest BCUT2D eigenvalue weighted by Gasteiger charge is 2.54. The highest BCUT2D eigenvalue weighted by molar-refractivity contribution is 8.00. The van der Waals surface area contributed by atoms with Crippen molar-refractivity contribution in [2.45, 2.75) is 57.8 Å². The number of hydrogen-bond acceptors (Lipinski definition) is 10. The van der Waals surface area contributed by atoms with Gasteiger partial charge < -0.3 is 23.7 Å². The summed E-state index contributed by atoms with van der Waals surface area (Å²) in [4.78, 5) is 43.2. The van der Waals surface area contributed by atoms with E-state index in [0.29, 0.717) is 5.56 Å². The zero-order valence-corrected chi connectivity index (χ0v) is 28.0. The van der Waals surface area contributed by atoms with Crippen molar-refractivity contribution in [1.29, 1.82) is 0 Å². The molecule has 6 atom stereocenters. The Balaban J connectivity index is 1.22. The predicted octanol–water partition coefficient (Wildman–Crippen LogP) is 7.60. The number of ether oxygens (including phenoxy) is 5. The first-order chi connectivity index (χ1) is 23.9. The molecule has 2 aliphatic carbocycles. The third kappa shape index (κ3) is 7.44. The fraction of sp³-hybridized carbons (Fsp3) is 0.205. The molecule has 0 bridgehead atoms. The fourth-order valence-electron chi connectivity index (χ4n) is 5.96. The molecule has 10 heteroatoms. The van der Waals surface area contributed by atoms with Gasteiger partial charge in [0.05, 0.1) is 6.61 Å². The van der Waals surface area contributed by atoms with Gasteiger partial charge in [-0.2, -0.15) is 0 Å². The first-order valence-electron chi connectivity index (χ1n) is 15.8. The molecular formula is C39H32O8S2. The van der Waals surface area contributed by atoms with Gasteiger partial charge in [-0.05, 0) is 41.5 Å². The molecule has 2 saturated heterocycles. The van der Waals surface area contributed by atoms with E-state index < -0.39 is 53.9 Å². The molecule has 0 N–H and O–H groups in total. The van der Waals surface area contributed by atoms with Gasteiger partial charge in [-0.15, -0.1) is 0 Å². The number of Topliss-reactive ketones (excluding diaryl/α,β-unsaturated/α-hetero) is 1. The molecule has 0 amide bonds. The van der Waals surface area contributed by atoms with Gasteiger partial charge in [0, 0.05) is 32.7 Å². The lowest BCUT2D eigenvalue weighted by Crippen LogP contribution is -2.63. The summed E-state index contributed by atoms with van der Waals surface area (Å²) in [6.07, 6.45) is -4.69. The predicted molar refractivity (Wildman–Crippen MR) is 184 cm³/mol. The molecule has 2 fully saturated rings. The Kier molecular flexibility index (Phi) is 10.1. The number of rotatable bonds is 9. The molecule has 8 nitrogen and oxygen atoms in total. The van der Waals surface area contributed by atoms with Crippen LogP contribution in [-0.2, 0) is 33.3 Å². The van der Waals surface area contributed by atoms with Crippen LogP contribution in [0.25, 0.3) is 11.1 Å². The zero-order chi connectivity index (χ0) is 33.7. The van der Waals surface area contributed by atoms with E-state index in [1.54, 1.807) is 6.07 Å². The normalized spacial score (nSPS) is 23.3. The van der Waals surface area contributed by atoms with Gasteiger partial charge in [-0.1, -0.05) is 121 Å². The average molecular weight is 693 g/mol. The third-order valence-electron chi connectivity index (χ3n) is 8.17. The van der Waals surface area contributed by atoms with Gasteiger partial charge in [0.1, 0.15) is 17.6 Å². The first kappa shape index (κ1) is 33.1. The van der Waals surface area contributed by atoms with Crippen LogP contribution in [0.3, 0.4) is 0 Å². The summed E-state index contributed by atoms with van der Waals surface area (Å²) < 4.78 is 30.8. The van der Waals surface area contributed by atoms with Crippen molar-refractivity contribution < 1.29 is 38.1 Å². The maximum atomic E-state index is 14.1. The molecule has 0 saturated carbocycles. The quantitative estimate of drug-likeness (QED) is 0.0873. The van der Waals surface area contributed by atoms with E-state index in [2.05, 4.69) is 0 Å². The Morgan fingerprint density at radius 1 is 0.694 bits per heavy atom. The maximum Gasteiger partial charge on any atom is 0.380 e. The molecule has 248 valence electrons. The SMILES string of the molecule is CC(=O)O[C@@H]1[C@@H](OC(=O)C(=O)c2cc(Sc3ccccc3)c3cccccc2-3)[C@H]2OC(c3ccccc3)OC[C@H]2O[C@H]1Sc1ccccc1. The van der Waals surface area contributed by atoms with Crippen molar-refractivity contribution in [3.05, 3.63) is 139 Å². The molecule has 49 heavy (non-hydrogen) atoms. The van der Waals surface area contributed by atoms with E-state index in [9.17, 15) is 14.4 Å². The second kappa shape index (κ2) is 15.0. The molecule has 2 heterocycles. The monoisotopic (exact) mass is 692 g/mol. The molecule has 0 aromatic heterocycles. The van der Waals surface area contributed by atoms with E-state index in [0.717, 1.165) is 25.8 Å². The Hall–Kier alpha value is -4.45. The van der Waals surface area contributed by atoms with Crippen molar-refractivity contribution in [2.24, 2.45) is 0 Å². The van der Waals surface area contributed by atoms with Crippen LogP contribution in [0.4, 0.5) is 0 Å². The summed E-state index contributed by atoms with van der Waals surface area (Å²) in [7, 11) is 0. The summed E-state index contributed by atoms with van der Waals surface area (Å²) in [5, 5.41) is 0. The van der Waals surface area contributed by atoms with E-state index in [1.165, 1.54) is 30.4 Å². The van der Waals surface area contributed by atoms with E-state index in [-0.39, 0.29) is 12.2 Å². The van der Waals surface area contributed by atoms with Gasteiger partial charge in [-0.3, -0.25) is 9.59 Å². The van der Waals surface area contributed by atoms with Crippen molar-refractivity contribution in [1.82, 2.24) is 0 Å². The number of thioether (sulfide) groups is 1. The molecule has 1 unspecified atom stereocenters. The van der Waals surface area contributed by atoms with Crippen LogP contribution in [0.2, 0.25) is 0 Å². The van der Waals surface area contributed by atoms with Gasteiger partial charge in [0.15, 0.2) is 18.5 Å². The number of fused-ring (bicyclic) bond motifs is 2. The van der Waals surface area contributed by atoms with Crippen molar-refractivity contribution in [3.63, 3.8) is 0 Å². The minimum atomic E-state index is -1.19. The number of carbonyl (C=O) groups excluding carboxylic acids is 3. The summed E-state index contributed by atoms with van der Waals surface area (Å²) in [5.41, 5.74) is 1.63. The summed E-state index contributed by atoms with van der Waals surface area (Å²) in [6, 6.07) is 39.7. The Bertz CT molecular complexity index is 1890. The van der Waals surface area contributed by atoms with Crippen molar-refractivity contribution in [2.75, 3.05) is 6.61 Å². The van der Waals surface area contributed by atoms with Crippen molar-refractivity contribution >= 4 is 41.2 Å². The molecule has 0 spiro atoms. The van der Waals surface area contributed by atoms with Gasteiger partial charge in [0.2, 0.25) is 0 Å². The minimum absolute atomic E-state index is 0.120. The second-order valence-electron chi connectivity index (χ2n) is 11.5. The number of carbonyl (C=O) groups is 3. The largest absolute Gasteiger partial charge is 0.455 e. The average Bonchev–Trinajstić information content (AvgIpc) is 3.27. The molecule has 3 aromatic rings. The summed E-state index contributed by atoms with van der Waals surface area (Å²) in [6.45, 7) is 1.40. The molecule has 4 aliphatic rings. The standard InChI is InChI=1S/C39H32O8S2/c1-24(40)44-36-35(34-31(45-39(36)49-27-18-10-4-11-19-27)23-43-38(47-34)25-14-6-2-7-15-25)46-37(42)33(41)30-22-32(48-26-16-8-3-9-17-26)29-21-13-5-12-20-28(29)30/h2-22,31,34-36,38-39H,23H2,1H3/t31-,34+,35+,36-,38?,39+/m1/s1. The smallest absolute Gasteiger partial charge is 0.380 e. The third-order valence-corrected chi connectivity index (χ3v) is 10.4. The zero-order valence-electron chi connectivity index (χ0n) is 26.4. The van der Waals surface area contributed by atoms with E-state index in [4.69, 9.17) is 23.7 Å². The number of esters is 2. The Labute approximate surface area is 292 Å². The molecule has 0 radical (unpaired) electrons. The Morgan fingerprint density at radius 3 is 1.98 bits per heavy atom. The highest BCUT2D eigenvalue weighted by atomic mass is 32.2. The van der Waals surface area contributed by atoms with Crippen molar-refractivity contribution in [3.8, 4) is 11.1 Å².